The molecule has 1 heterocycles. The predicted molar refractivity (Wildman–Crippen MR) is 165 cm³/mol. The van der Waals surface area contributed by atoms with Gasteiger partial charge in [0.2, 0.25) is 5.69 Å². The van der Waals surface area contributed by atoms with E-state index >= 15 is 0 Å². The number of aliphatic imine (C=N–C) groups is 1. The molecule has 1 aromatic heterocycles. The van der Waals surface area contributed by atoms with Crippen LogP contribution < -0.4 is 4.57 Å². The van der Waals surface area contributed by atoms with E-state index in [1.807, 2.05) is 151 Å². The summed E-state index contributed by atoms with van der Waals surface area (Å²) in [5.74, 6) is 0.00578. The number of hydrogen-bond donors (Lipinski definition) is 0. The molecule has 5 rings (SSSR count). The first-order chi connectivity index (χ1) is 20.1. The van der Waals surface area contributed by atoms with E-state index in [1.165, 1.54) is 0 Å². The highest BCUT2D eigenvalue weighted by Gasteiger charge is 2.12. The van der Waals surface area contributed by atoms with E-state index in [9.17, 15) is 9.59 Å². The number of aromatic nitrogens is 1. The van der Waals surface area contributed by atoms with E-state index in [1.54, 1.807) is 18.3 Å². The number of carbonyl (C=O) groups excluding carboxylic acids is 2. The van der Waals surface area contributed by atoms with Crippen molar-refractivity contribution in [3.8, 4) is 5.69 Å². The number of benzene rings is 4. The average molecular weight is 534 g/mol. The van der Waals surface area contributed by atoms with Crippen LogP contribution in [0.5, 0.6) is 0 Å². The van der Waals surface area contributed by atoms with Crippen LogP contribution in [-0.2, 0) is 0 Å². The fraction of sp³-hybridized carbons (Fsp3) is 0.0270. The first kappa shape index (κ1) is 27.1. The maximum Gasteiger partial charge on any atom is 0.210 e. The summed E-state index contributed by atoms with van der Waals surface area (Å²) in [5, 5.41) is 0. The molecule has 0 saturated carbocycles. The van der Waals surface area contributed by atoms with Crippen LogP contribution in [0, 0.1) is 0 Å². The largest absolute Gasteiger partial charge is 0.289 e. The highest BCUT2D eigenvalue weighted by atomic mass is 16.1. The Bertz CT molecular complexity index is 1720. The molecule has 0 saturated heterocycles. The minimum absolute atomic E-state index is 0.00525. The number of carbonyl (C=O) groups is 2. The fourth-order valence-corrected chi connectivity index (χ4v) is 4.42. The summed E-state index contributed by atoms with van der Waals surface area (Å²) >= 11 is 0. The lowest BCUT2D eigenvalue weighted by molar-refractivity contribution is -0.595. The summed E-state index contributed by atoms with van der Waals surface area (Å²) in [6.45, 7) is 1.98. The first-order valence-electron chi connectivity index (χ1n) is 13.4. The monoisotopic (exact) mass is 533 g/mol. The number of pyridine rings is 1. The van der Waals surface area contributed by atoms with Crippen LogP contribution >= 0.6 is 0 Å². The molecule has 0 aliphatic heterocycles. The summed E-state index contributed by atoms with van der Waals surface area (Å²) in [4.78, 5) is 29.9. The molecule has 0 fully saturated rings. The molecule has 0 unspecified atom stereocenters. The van der Waals surface area contributed by atoms with E-state index in [0.29, 0.717) is 22.3 Å². The molecule has 198 valence electrons. The van der Waals surface area contributed by atoms with Crippen LogP contribution in [0.15, 0.2) is 157 Å². The molecule has 4 nitrogen and oxygen atoms in total. The van der Waals surface area contributed by atoms with Crippen molar-refractivity contribution in [3.05, 3.63) is 180 Å². The Morgan fingerprint density at radius 3 is 1.59 bits per heavy atom. The topological polar surface area (TPSA) is 50.4 Å². The third-order valence-corrected chi connectivity index (χ3v) is 6.62. The molecule has 4 aromatic carbocycles. The van der Waals surface area contributed by atoms with Crippen molar-refractivity contribution in [2.45, 2.75) is 6.92 Å². The molecule has 0 N–H and O–H groups in total. The van der Waals surface area contributed by atoms with Crippen molar-refractivity contribution in [2.24, 2.45) is 4.99 Å². The van der Waals surface area contributed by atoms with Gasteiger partial charge in [0.25, 0.3) is 0 Å². The van der Waals surface area contributed by atoms with Gasteiger partial charge in [0.15, 0.2) is 24.0 Å². The van der Waals surface area contributed by atoms with E-state index in [4.69, 9.17) is 0 Å². The SMILES string of the molecule is C/C=C\C(=C/C=Nc1ccc(C(=O)c2ccccc2)cc1)c1cc[n+](-c2ccc(C(=O)c3ccccc3)cc2)cc1. The molecule has 5 aromatic rings. The van der Waals surface area contributed by atoms with Crippen LogP contribution in [0.3, 0.4) is 0 Å². The molecule has 41 heavy (non-hydrogen) atoms. The van der Waals surface area contributed by atoms with Crippen molar-refractivity contribution in [2.75, 3.05) is 0 Å². The lowest BCUT2D eigenvalue weighted by Crippen LogP contribution is -2.29. The lowest BCUT2D eigenvalue weighted by Gasteiger charge is -2.03. The molecule has 0 amide bonds. The molecule has 4 heteroatoms. The number of ketones is 2. The lowest BCUT2D eigenvalue weighted by atomic mass is 10.0. The third kappa shape index (κ3) is 6.75. The van der Waals surface area contributed by atoms with Gasteiger partial charge in [0, 0.05) is 52.7 Å². The molecular formula is C37H29N2O2+. The Balaban J connectivity index is 1.27. The van der Waals surface area contributed by atoms with Gasteiger partial charge < -0.3 is 0 Å². The summed E-state index contributed by atoms with van der Waals surface area (Å²) in [7, 11) is 0. The molecule has 0 aliphatic carbocycles. The van der Waals surface area contributed by atoms with Crippen molar-refractivity contribution in [1.82, 2.24) is 0 Å². The molecule has 0 radical (unpaired) electrons. The summed E-state index contributed by atoms with van der Waals surface area (Å²) in [6.07, 6.45) is 11.8. The van der Waals surface area contributed by atoms with E-state index in [2.05, 4.69) is 4.99 Å². The zero-order valence-corrected chi connectivity index (χ0v) is 22.7. The van der Waals surface area contributed by atoms with Gasteiger partial charge in [-0.3, -0.25) is 14.6 Å². The Hall–Kier alpha value is -5.48. The van der Waals surface area contributed by atoms with Crippen molar-refractivity contribution < 1.29 is 14.2 Å². The molecule has 0 atom stereocenters. The first-order valence-corrected chi connectivity index (χ1v) is 13.4. The quantitative estimate of drug-likeness (QED) is 0.0840. The van der Waals surface area contributed by atoms with Gasteiger partial charge in [0.05, 0.1) is 5.69 Å². The molecular weight excluding hydrogens is 504 g/mol. The minimum atomic E-state index is -0.00525. The Morgan fingerprint density at radius 2 is 1.07 bits per heavy atom. The van der Waals surface area contributed by atoms with E-state index < -0.39 is 0 Å². The Morgan fingerprint density at radius 1 is 0.585 bits per heavy atom. The standard InChI is InChI=1S/C37H29N2O2/c1-2-9-28(22-25-38-34-18-14-32(15-19-34)36(40)30-10-5-3-6-11-30)29-23-26-39(27-24-29)35-20-16-33(17-21-35)37(41)31-12-7-4-8-13-31/h2-27H,1H3/q+1/b9-2-,28-22+,38-25?. The van der Waals surface area contributed by atoms with Gasteiger partial charge in [-0.25, -0.2) is 0 Å². The third-order valence-electron chi connectivity index (χ3n) is 6.62. The van der Waals surface area contributed by atoms with Crippen LogP contribution in [0.2, 0.25) is 0 Å². The smallest absolute Gasteiger partial charge is 0.210 e. The van der Waals surface area contributed by atoms with Gasteiger partial charge >= 0.3 is 0 Å². The fourth-order valence-electron chi connectivity index (χ4n) is 4.42. The van der Waals surface area contributed by atoms with E-state index in [-0.39, 0.29) is 11.6 Å². The molecule has 0 bridgehead atoms. The van der Waals surface area contributed by atoms with Gasteiger partial charge in [-0.05, 0) is 60.5 Å². The zero-order valence-electron chi connectivity index (χ0n) is 22.7. The van der Waals surface area contributed by atoms with Crippen LogP contribution in [0.1, 0.15) is 44.3 Å². The Labute approximate surface area is 240 Å². The van der Waals surface area contributed by atoms with Crippen LogP contribution in [-0.4, -0.2) is 17.8 Å². The second-order valence-corrected chi connectivity index (χ2v) is 9.38. The van der Waals surface area contributed by atoms with Gasteiger partial charge in [-0.15, -0.1) is 0 Å². The normalized spacial score (nSPS) is 11.7. The summed E-state index contributed by atoms with van der Waals surface area (Å²) in [5.41, 5.74) is 6.44. The molecule has 0 spiro atoms. The van der Waals surface area contributed by atoms with Crippen LogP contribution in [0.4, 0.5) is 5.69 Å². The second-order valence-electron chi connectivity index (χ2n) is 9.38. The number of hydrogen-bond acceptors (Lipinski definition) is 3. The highest BCUT2D eigenvalue weighted by molar-refractivity contribution is 6.09. The van der Waals surface area contributed by atoms with Gasteiger partial charge in [-0.2, -0.15) is 4.57 Å². The average Bonchev–Trinajstić information content (AvgIpc) is 3.05. The maximum atomic E-state index is 12.7. The second kappa shape index (κ2) is 13.0. The van der Waals surface area contributed by atoms with Crippen molar-refractivity contribution in [3.63, 3.8) is 0 Å². The maximum absolute atomic E-state index is 12.7. The van der Waals surface area contributed by atoms with Crippen molar-refractivity contribution in [1.29, 1.82) is 0 Å². The van der Waals surface area contributed by atoms with Gasteiger partial charge in [-0.1, -0.05) is 72.8 Å². The van der Waals surface area contributed by atoms with Gasteiger partial charge in [0.1, 0.15) is 0 Å². The predicted octanol–water partition coefficient (Wildman–Crippen LogP) is 7.79. The zero-order chi connectivity index (χ0) is 28.4. The Kier molecular flexibility index (Phi) is 8.63. The number of nitrogens with zero attached hydrogens (tertiary/aromatic N) is 2. The number of allylic oxidation sites excluding steroid dienone is 4. The summed E-state index contributed by atoms with van der Waals surface area (Å²) < 4.78 is 2.01. The van der Waals surface area contributed by atoms with E-state index in [0.717, 1.165) is 22.5 Å². The highest BCUT2D eigenvalue weighted by Crippen LogP contribution is 2.18. The van der Waals surface area contributed by atoms with Crippen molar-refractivity contribution >= 4 is 29.0 Å². The van der Waals surface area contributed by atoms with Crippen LogP contribution in [0.25, 0.3) is 11.3 Å². The summed E-state index contributed by atoms with van der Waals surface area (Å²) in [6, 6.07) is 37.6. The minimum Gasteiger partial charge on any atom is -0.289 e. The number of rotatable bonds is 9. The molecule has 0 aliphatic rings.